The molecule has 0 radical (unpaired) electrons. The molecular formula is C55H49N3. The maximum absolute atomic E-state index is 4.91. The Labute approximate surface area is 343 Å². The summed E-state index contributed by atoms with van der Waals surface area (Å²) >= 11 is 0. The van der Waals surface area contributed by atoms with Gasteiger partial charge in [-0.2, -0.15) is 0 Å². The molecule has 0 aliphatic heterocycles. The fourth-order valence-electron chi connectivity index (χ4n) is 8.94. The lowest BCUT2D eigenvalue weighted by Crippen LogP contribution is -2.26. The Balaban J connectivity index is 1.13. The van der Waals surface area contributed by atoms with Crippen LogP contribution in [0.3, 0.4) is 0 Å². The quantitative estimate of drug-likeness (QED) is 0.159. The second kappa shape index (κ2) is 13.9. The van der Waals surface area contributed by atoms with Gasteiger partial charge in [-0.05, 0) is 108 Å². The average molecular weight is 752 g/mol. The highest BCUT2D eigenvalue weighted by molar-refractivity contribution is 6.11. The highest BCUT2D eigenvalue weighted by Crippen LogP contribution is 2.63. The first-order chi connectivity index (χ1) is 27.9. The minimum atomic E-state index is -0.506. The van der Waals surface area contributed by atoms with Gasteiger partial charge in [0.15, 0.2) is 5.82 Å². The Morgan fingerprint density at radius 1 is 0.534 bits per heavy atom. The summed E-state index contributed by atoms with van der Waals surface area (Å²) in [6.07, 6.45) is 8.05. The van der Waals surface area contributed by atoms with Crippen LogP contribution >= 0.6 is 0 Å². The van der Waals surface area contributed by atoms with E-state index in [-0.39, 0.29) is 10.8 Å². The number of allylic oxidation sites excluding steroid dienone is 2. The van der Waals surface area contributed by atoms with E-state index >= 15 is 0 Å². The van der Waals surface area contributed by atoms with Crippen LogP contribution in [0, 0.1) is 0 Å². The first-order valence-electron chi connectivity index (χ1n) is 20.3. The molecule has 284 valence electrons. The molecule has 1 heterocycles. The molecule has 0 atom stereocenters. The van der Waals surface area contributed by atoms with Crippen molar-refractivity contribution in [2.45, 2.75) is 64.7 Å². The summed E-state index contributed by atoms with van der Waals surface area (Å²) in [5, 5.41) is 0. The van der Waals surface area contributed by atoms with E-state index in [9.17, 15) is 0 Å². The number of hydrogen-bond donors (Lipinski definition) is 0. The molecule has 3 nitrogen and oxygen atoms in total. The van der Waals surface area contributed by atoms with Crippen LogP contribution in [0.1, 0.15) is 93.0 Å². The second-order valence-electron chi connectivity index (χ2n) is 17.8. The summed E-state index contributed by atoms with van der Waals surface area (Å²) in [5.41, 5.74) is 19.5. The molecule has 0 N–H and O–H groups in total. The Bertz CT molecular complexity index is 2740. The molecule has 1 spiro atoms. The number of nitrogens with zero attached hydrogens (tertiary/aromatic N) is 3. The van der Waals surface area contributed by atoms with Crippen molar-refractivity contribution in [2.24, 2.45) is 4.99 Å². The summed E-state index contributed by atoms with van der Waals surface area (Å²) in [4.78, 5) is 14.7. The van der Waals surface area contributed by atoms with Crippen molar-refractivity contribution < 1.29 is 0 Å². The van der Waals surface area contributed by atoms with Gasteiger partial charge in [-0.1, -0.05) is 176 Å². The molecule has 6 aromatic carbocycles. The lowest BCUT2D eigenvalue weighted by molar-refractivity contribution is 0.590. The second-order valence-corrected chi connectivity index (χ2v) is 17.8. The van der Waals surface area contributed by atoms with Gasteiger partial charge < -0.3 is 0 Å². The third-order valence-corrected chi connectivity index (χ3v) is 12.2. The molecule has 0 fully saturated rings. The number of benzene rings is 6. The highest BCUT2D eigenvalue weighted by atomic mass is 14.9. The van der Waals surface area contributed by atoms with Crippen molar-refractivity contribution in [1.29, 1.82) is 0 Å². The van der Waals surface area contributed by atoms with Crippen LogP contribution in [-0.4, -0.2) is 16.2 Å². The van der Waals surface area contributed by atoms with Gasteiger partial charge in [-0.3, -0.25) is 4.99 Å². The molecule has 58 heavy (non-hydrogen) atoms. The summed E-state index contributed by atoms with van der Waals surface area (Å²) < 4.78 is 0. The smallest absolute Gasteiger partial charge is 0.159 e. The molecule has 7 aromatic rings. The van der Waals surface area contributed by atoms with E-state index < -0.39 is 5.41 Å². The third kappa shape index (κ3) is 6.08. The topological polar surface area (TPSA) is 38.1 Å². The minimum absolute atomic E-state index is 0.0908. The van der Waals surface area contributed by atoms with E-state index in [0.29, 0.717) is 0 Å². The van der Waals surface area contributed by atoms with Crippen molar-refractivity contribution in [2.75, 3.05) is 0 Å². The molecular weight excluding hydrogens is 703 g/mol. The Morgan fingerprint density at radius 3 is 1.59 bits per heavy atom. The van der Waals surface area contributed by atoms with Crippen molar-refractivity contribution in [1.82, 2.24) is 9.97 Å². The maximum Gasteiger partial charge on any atom is 0.159 e. The van der Waals surface area contributed by atoms with Crippen LogP contribution < -0.4 is 0 Å². The standard InChI is InChI=1S/C55H49N3/c1-9-36(32-56-35(2)37-18-24-42(25-19-37)53(3,4)5)39-22-28-46-47-29-23-40(41-33-57-52(58-34-41)38-20-26-43(27-21-38)54(6,7)8)31-51(47)55(50(46)30-39)48-16-12-10-14-44(48)45-15-11-13-17-49(45)55/h9-34H,2H2,1,3-8H3/b36-9+,56-32?. The molecule has 9 rings (SSSR count). The van der Waals surface area contributed by atoms with Crippen LogP contribution in [0.4, 0.5) is 0 Å². The predicted octanol–water partition coefficient (Wildman–Crippen LogP) is 13.9. The Morgan fingerprint density at radius 2 is 1.02 bits per heavy atom. The number of aromatic nitrogens is 2. The van der Waals surface area contributed by atoms with Crippen molar-refractivity contribution >= 4 is 17.5 Å². The van der Waals surface area contributed by atoms with E-state index in [2.05, 4.69) is 195 Å². The Kier molecular flexibility index (Phi) is 8.89. The molecule has 1 aromatic heterocycles. The summed E-state index contributed by atoms with van der Waals surface area (Å²) in [7, 11) is 0. The fraction of sp³-hybridized carbons (Fsp3) is 0.182. The molecule has 2 aliphatic rings. The lowest BCUT2D eigenvalue weighted by Gasteiger charge is -2.31. The van der Waals surface area contributed by atoms with Crippen LogP contribution in [0.2, 0.25) is 0 Å². The van der Waals surface area contributed by atoms with Gasteiger partial charge in [0.1, 0.15) is 0 Å². The summed E-state index contributed by atoms with van der Waals surface area (Å²) in [6, 6.07) is 49.0. The van der Waals surface area contributed by atoms with Crippen LogP contribution in [0.5, 0.6) is 0 Å². The van der Waals surface area contributed by atoms with Crippen LogP contribution in [-0.2, 0) is 16.2 Å². The van der Waals surface area contributed by atoms with Crippen molar-refractivity contribution in [3.05, 3.63) is 203 Å². The summed E-state index contributed by atoms with van der Waals surface area (Å²) in [5.74, 6) is 0.728. The molecule has 3 heteroatoms. The van der Waals surface area contributed by atoms with Gasteiger partial charge in [0, 0.05) is 29.7 Å². The molecule has 0 amide bonds. The van der Waals surface area contributed by atoms with Gasteiger partial charge >= 0.3 is 0 Å². The fourth-order valence-corrected chi connectivity index (χ4v) is 8.94. The normalized spacial score (nSPS) is 14.0. The van der Waals surface area contributed by atoms with E-state index in [1.54, 1.807) is 0 Å². The van der Waals surface area contributed by atoms with E-state index in [4.69, 9.17) is 15.0 Å². The predicted molar refractivity (Wildman–Crippen MR) is 244 cm³/mol. The van der Waals surface area contributed by atoms with Gasteiger partial charge in [-0.15, -0.1) is 0 Å². The SMILES string of the molecule is C=C(N=C/C(=C\C)c1ccc2c(c1)C1(c3ccccc3-c3ccccc31)c1cc(-c3cnc(-c4ccc(C(C)(C)C)cc4)nc3)ccc1-2)c1ccc(C(C)(C)C)cc1. The van der Waals surface area contributed by atoms with E-state index in [1.165, 1.54) is 55.6 Å². The number of hydrogen-bond acceptors (Lipinski definition) is 3. The first-order valence-corrected chi connectivity index (χ1v) is 20.3. The molecule has 0 saturated carbocycles. The van der Waals surface area contributed by atoms with E-state index in [1.807, 2.05) is 18.6 Å². The monoisotopic (exact) mass is 751 g/mol. The number of fused-ring (bicyclic) bond motifs is 10. The Hall–Kier alpha value is -6.45. The van der Waals surface area contributed by atoms with Gasteiger partial charge in [-0.25, -0.2) is 9.97 Å². The van der Waals surface area contributed by atoms with Crippen molar-refractivity contribution in [3.8, 4) is 44.8 Å². The number of aliphatic imine (C=N–C) groups is 1. The highest BCUT2D eigenvalue weighted by Gasteiger charge is 2.51. The zero-order valence-corrected chi connectivity index (χ0v) is 34.6. The summed E-state index contributed by atoms with van der Waals surface area (Å²) in [6.45, 7) is 19.8. The van der Waals surface area contributed by atoms with Gasteiger partial charge in [0.2, 0.25) is 0 Å². The van der Waals surface area contributed by atoms with Crippen molar-refractivity contribution in [3.63, 3.8) is 0 Å². The van der Waals surface area contributed by atoms with Gasteiger partial charge in [0.25, 0.3) is 0 Å². The largest absolute Gasteiger partial charge is 0.256 e. The lowest BCUT2D eigenvalue weighted by atomic mass is 9.70. The van der Waals surface area contributed by atoms with Crippen LogP contribution in [0.25, 0.3) is 56.0 Å². The number of rotatable bonds is 6. The molecule has 0 bridgehead atoms. The first kappa shape index (κ1) is 37.1. The molecule has 0 unspecified atom stereocenters. The third-order valence-electron chi connectivity index (χ3n) is 12.2. The van der Waals surface area contributed by atoms with Gasteiger partial charge in [0.05, 0.1) is 11.1 Å². The zero-order valence-electron chi connectivity index (χ0n) is 34.6. The molecule has 2 aliphatic carbocycles. The molecule has 0 saturated heterocycles. The average Bonchev–Trinajstić information content (AvgIpc) is 3.70. The minimum Gasteiger partial charge on any atom is -0.256 e. The van der Waals surface area contributed by atoms with E-state index in [0.717, 1.165) is 44.9 Å². The zero-order chi connectivity index (χ0) is 40.4. The van der Waals surface area contributed by atoms with Crippen LogP contribution in [0.15, 0.2) is 164 Å². The maximum atomic E-state index is 4.91.